The Hall–Kier alpha value is -2.28. The van der Waals surface area contributed by atoms with E-state index in [1.807, 2.05) is 35.2 Å². The van der Waals surface area contributed by atoms with Crippen LogP contribution in [0.2, 0.25) is 0 Å². The molecule has 0 bridgehead atoms. The van der Waals surface area contributed by atoms with Gasteiger partial charge in [-0.15, -0.1) is 0 Å². The van der Waals surface area contributed by atoms with Crippen molar-refractivity contribution in [1.29, 1.82) is 0 Å². The van der Waals surface area contributed by atoms with Gasteiger partial charge in [0.2, 0.25) is 5.91 Å². The number of carbonyl (C=O) groups excluding carboxylic acids is 1. The first-order chi connectivity index (χ1) is 14.1. The van der Waals surface area contributed by atoms with Gasteiger partial charge in [0.15, 0.2) is 5.13 Å². The molecule has 2 aromatic carbocycles. The summed E-state index contributed by atoms with van der Waals surface area (Å²) >= 11 is 1.62. The SMILES string of the molecule is Cc1cc(C)c2nc(N(CC[NH+]3CCOCC3)C(=O)Cc3ccccc3)sc2c1. The van der Waals surface area contributed by atoms with Crippen molar-refractivity contribution < 1.29 is 14.4 Å². The Balaban J connectivity index is 1.59. The number of carbonyl (C=O) groups is 1. The van der Waals surface area contributed by atoms with Gasteiger partial charge in [0, 0.05) is 0 Å². The molecule has 0 saturated carbocycles. The first kappa shape index (κ1) is 20.0. The van der Waals surface area contributed by atoms with Crippen molar-refractivity contribution in [3.63, 3.8) is 0 Å². The summed E-state index contributed by atoms with van der Waals surface area (Å²) in [4.78, 5) is 21.5. The quantitative estimate of drug-likeness (QED) is 0.679. The van der Waals surface area contributed by atoms with Crippen molar-refractivity contribution in [2.75, 3.05) is 44.3 Å². The van der Waals surface area contributed by atoms with E-state index in [4.69, 9.17) is 9.72 Å². The highest BCUT2D eigenvalue weighted by molar-refractivity contribution is 7.22. The molecule has 0 spiro atoms. The third-order valence-corrected chi connectivity index (χ3v) is 6.46. The number of benzene rings is 2. The number of anilines is 1. The number of hydrogen-bond acceptors (Lipinski definition) is 4. The Morgan fingerprint density at radius 2 is 1.93 bits per heavy atom. The minimum atomic E-state index is 0.109. The smallest absolute Gasteiger partial charge is 0.233 e. The fraction of sp³-hybridized carbons (Fsp3) is 0.391. The van der Waals surface area contributed by atoms with Crippen LogP contribution in [0.4, 0.5) is 5.13 Å². The highest BCUT2D eigenvalue weighted by Gasteiger charge is 2.23. The van der Waals surface area contributed by atoms with E-state index in [0.29, 0.717) is 13.0 Å². The molecule has 3 aromatic rings. The highest BCUT2D eigenvalue weighted by Crippen LogP contribution is 2.31. The van der Waals surface area contributed by atoms with E-state index >= 15 is 0 Å². The summed E-state index contributed by atoms with van der Waals surface area (Å²) in [6, 6.07) is 14.3. The Kier molecular flexibility index (Phi) is 6.23. The van der Waals surface area contributed by atoms with Crippen LogP contribution in [0.5, 0.6) is 0 Å². The van der Waals surface area contributed by atoms with Gasteiger partial charge < -0.3 is 9.64 Å². The summed E-state index contributed by atoms with van der Waals surface area (Å²) in [5.74, 6) is 0.109. The lowest BCUT2D eigenvalue weighted by Gasteiger charge is -2.27. The first-order valence-corrected chi connectivity index (χ1v) is 11.1. The van der Waals surface area contributed by atoms with Crippen LogP contribution in [0.25, 0.3) is 10.2 Å². The number of hydrogen-bond donors (Lipinski definition) is 1. The number of rotatable bonds is 6. The zero-order chi connectivity index (χ0) is 20.2. The van der Waals surface area contributed by atoms with Crippen molar-refractivity contribution in [2.24, 2.45) is 0 Å². The Morgan fingerprint density at radius 3 is 2.69 bits per heavy atom. The Labute approximate surface area is 175 Å². The minimum Gasteiger partial charge on any atom is -0.370 e. The average molecular weight is 411 g/mol. The number of nitrogens with one attached hydrogen (secondary N) is 1. The fourth-order valence-corrected chi connectivity index (χ4v) is 5.03. The summed E-state index contributed by atoms with van der Waals surface area (Å²) in [6.45, 7) is 9.38. The number of nitrogens with zero attached hydrogens (tertiary/aromatic N) is 2. The zero-order valence-corrected chi connectivity index (χ0v) is 17.9. The average Bonchev–Trinajstić information content (AvgIpc) is 3.13. The molecular weight excluding hydrogens is 382 g/mol. The molecule has 1 aliphatic rings. The molecule has 0 unspecified atom stereocenters. The van der Waals surface area contributed by atoms with E-state index < -0.39 is 0 Å². The van der Waals surface area contributed by atoms with E-state index in [1.54, 1.807) is 11.3 Å². The number of thiazole rings is 1. The number of morpholine rings is 1. The molecule has 0 aliphatic carbocycles. The zero-order valence-electron chi connectivity index (χ0n) is 17.1. The third kappa shape index (κ3) is 4.83. The predicted octanol–water partition coefficient (Wildman–Crippen LogP) is 2.40. The predicted molar refractivity (Wildman–Crippen MR) is 118 cm³/mol. The van der Waals surface area contributed by atoms with E-state index in [-0.39, 0.29) is 5.91 Å². The molecule has 1 fully saturated rings. The number of quaternary nitrogens is 1. The van der Waals surface area contributed by atoms with Gasteiger partial charge >= 0.3 is 0 Å². The normalized spacial score (nSPS) is 15.0. The van der Waals surface area contributed by atoms with E-state index in [0.717, 1.165) is 59.3 Å². The molecule has 4 rings (SSSR count). The van der Waals surface area contributed by atoms with Crippen LogP contribution >= 0.6 is 11.3 Å². The topological polar surface area (TPSA) is 46.9 Å². The van der Waals surface area contributed by atoms with Gasteiger partial charge in [0.1, 0.15) is 13.1 Å². The fourth-order valence-electron chi connectivity index (χ4n) is 3.85. The number of fused-ring (bicyclic) bond motifs is 1. The van der Waals surface area contributed by atoms with Gasteiger partial charge in [-0.25, -0.2) is 4.98 Å². The molecule has 152 valence electrons. The van der Waals surface area contributed by atoms with Gasteiger partial charge in [-0.3, -0.25) is 9.69 Å². The van der Waals surface area contributed by atoms with E-state index in [9.17, 15) is 4.79 Å². The second kappa shape index (κ2) is 9.03. The maximum Gasteiger partial charge on any atom is 0.233 e. The number of amides is 1. The molecule has 1 aromatic heterocycles. The molecule has 1 N–H and O–H groups in total. The minimum absolute atomic E-state index is 0.109. The Bertz CT molecular complexity index is 980. The first-order valence-electron chi connectivity index (χ1n) is 10.2. The maximum atomic E-state index is 13.3. The van der Waals surface area contributed by atoms with E-state index in [1.165, 1.54) is 10.5 Å². The second-order valence-electron chi connectivity index (χ2n) is 7.75. The number of ether oxygens (including phenoxy) is 1. The van der Waals surface area contributed by atoms with Crippen LogP contribution in [-0.4, -0.2) is 50.3 Å². The van der Waals surface area contributed by atoms with Crippen LogP contribution < -0.4 is 9.80 Å². The molecule has 1 aliphatic heterocycles. The summed E-state index contributed by atoms with van der Waals surface area (Å²) in [5.41, 5.74) is 4.43. The maximum absolute atomic E-state index is 13.3. The Morgan fingerprint density at radius 1 is 1.17 bits per heavy atom. The molecular formula is C23H28N3O2S+. The largest absolute Gasteiger partial charge is 0.370 e. The van der Waals surface area contributed by atoms with Crippen LogP contribution in [-0.2, 0) is 16.0 Å². The molecule has 6 heteroatoms. The van der Waals surface area contributed by atoms with Crippen molar-refractivity contribution in [2.45, 2.75) is 20.3 Å². The summed E-state index contributed by atoms with van der Waals surface area (Å²) < 4.78 is 6.62. The second-order valence-corrected chi connectivity index (χ2v) is 8.75. The molecule has 0 atom stereocenters. The lowest BCUT2D eigenvalue weighted by Crippen LogP contribution is -3.14. The van der Waals surface area contributed by atoms with Crippen molar-refractivity contribution in [3.8, 4) is 0 Å². The van der Waals surface area contributed by atoms with Gasteiger partial charge in [-0.05, 0) is 36.6 Å². The van der Waals surface area contributed by atoms with Crippen LogP contribution in [0.1, 0.15) is 16.7 Å². The third-order valence-electron chi connectivity index (χ3n) is 5.44. The molecule has 2 heterocycles. The van der Waals surface area contributed by atoms with Gasteiger partial charge in [-0.1, -0.05) is 47.7 Å². The van der Waals surface area contributed by atoms with Crippen LogP contribution in [0.3, 0.4) is 0 Å². The van der Waals surface area contributed by atoms with Crippen LogP contribution in [0.15, 0.2) is 42.5 Å². The van der Waals surface area contributed by atoms with Gasteiger partial charge in [0.25, 0.3) is 0 Å². The molecule has 1 amide bonds. The van der Waals surface area contributed by atoms with Crippen molar-refractivity contribution >= 4 is 32.6 Å². The van der Waals surface area contributed by atoms with E-state index in [2.05, 4.69) is 26.0 Å². The number of aromatic nitrogens is 1. The lowest BCUT2D eigenvalue weighted by atomic mass is 10.1. The molecule has 5 nitrogen and oxygen atoms in total. The van der Waals surface area contributed by atoms with Crippen molar-refractivity contribution in [1.82, 2.24) is 4.98 Å². The highest BCUT2D eigenvalue weighted by atomic mass is 32.1. The van der Waals surface area contributed by atoms with Crippen molar-refractivity contribution in [3.05, 3.63) is 59.2 Å². The molecule has 29 heavy (non-hydrogen) atoms. The lowest BCUT2D eigenvalue weighted by molar-refractivity contribution is -0.906. The molecule has 1 saturated heterocycles. The van der Waals surface area contributed by atoms with Gasteiger partial charge in [0.05, 0.1) is 42.9 Å². The molecule has 0 radical (unpaired) electrons. The summed E-state index contributed by atoms with van der Waals surface area (Å²) in [5, 5.41) is 0.808. The summed E-state index contributed by atoms with van der Waals surface area (Å²) in [7, 11) is 0. The van der Waals surface area contributed by atoms with Crippen LogP contribution in [0, 0.1) is 13.8 Å². The monoisotopic (exact) mass is 410 g/mol. The summed E-state index contributed by atoms with van der Waals surface area (Å²) in [6.07, 6.45) is 0.396. The number of aryl methyl sites for hydroxylation is 2. The standard InChI is InChI=1S/C23H27N3O2S/c1-17-14-18(2)22-20(15-17)29-23(24-22)26(9-8-25-10-12-28-13-11-25)21(27)16-19-6-4-3-5-7-19/h3-7,14-15H,8-13,16H2,1-2H3/p+1. The van der Waals surface area contributed by atoms with Gasteiger partial charge in [-0.2, -0.15) is 0 Å².